The van der Waals surface area contributed by atoms with Gasteiger partial charge in [-0.25, -0.2) is 0 Å². The Morgan fingerprint density at radius 3 is 2.79 bits per heavy atom. The summed E-state index contributed by atoms with van der Waals surface area (Å²) in [7, 11) is 0. The molecule has 0 spiro atoms. The molecule has 0 aliphatic carbocycles. The molecule has 1 aliphatic heterocycles. The molecule has 5 nitrogen and oxygen atoms in total. The van der Waals surface area contributed by atoms with E-state index in [0.29, 0.717) is 13.0 Å². The first kappa shape index (κ1) is 16.4. The first-order valence-corrected chi connectivity index (χ1v) is 7.26. The fourth-order valence-corrected chi connectivity index (χ4v) is 2.69. The van der Waals surface area contributed by atoms with Gasteiger partial charge >= 0.3 is 0 Å². The van der Waals surface area contributed by atoms with Crippen molar-refractivity contribution in [3.05, 3.63) is 0 Å². The number of amides is 1. The smallest absolute Gasteiger partial charge is 0.221 e. The molecule has 3 N–H and O–H groups in total. The molecule has 2 unspecified atom stereocenters. The molecule has 0 saturated carbocycles. The van der Waals surface area contributed by atoms with Crippen LogP contribution in [-0.2, 0) is 9.53 Å². The summed E-state index contributed by atoms with van der Waals surface area (Å²) in [4.78, 5) is 14.1. The monoisotopic (exact) mass is 271 g/mol. The first-order valence-electron chi connectivity index (χ1n) is 7.26. The predicted molar refractivity (Wildman–Crippen MR) is 77.0 cm³/mol. The van der Waals surface area contributed by atoms with E-state index in [2.05, 4.69) is 31.0 Å². The Labute approximate surface area is 116 Å². The maximum absolute atomic E-state index is 11.8. The molecule has 0 radical (unpaired) electrons. The van der Waals surface area contributed by atoms with Crippen LogP contribution in [0.1, 0.15) is 40.5 Å². The number of ether oxygens (including phenoxy) is 1. The average Bonchev–Trinajstić information content (AvgIpc) is 2.30. The van der Waals surface area contributed by atoms with E-state index in [1.165, 1.54) is 0 Å². The van der Waals surface area contributed by atoms with Gasteiger partial charge in [-0.1, -0.05) is 6.92 Å². The van der Waals surface area contributed by atoms with Gasteiger partial charge < -0.3 is 15.8 Å². The number of nitrogens with zero attached hydrogens (tertiary/aromatic N) is 1. The third kappa shape index (κ3) is 5.47. The van der Waals surface area contributed by atoms with Crippen molar-refractivity contribution in [2.75, 3.05) is 26.2 Å². The molecule has 0 aromatic carbocycles. The lowest BCUT2D eigenvalue weighted by Gasteiger charge is -2.44. The van der Waals surface area contributed by atoms with Crippen LogP contribution in [0.5, 0.6) is 0 Å². The van der Waals surface area contributed by atoms with Gasteiger partial charge in [0.05, 0.1) is 11.7 Å². The van der Waals surface area contributed by atoms with Gasteiger partial charge in [0.2, 0.25) is 5.91 Å². The molecular weight excluding hydrogens is 242 g/mol. The van der Waals surface area contributed by atoms with E-state index >= 15 is 0 Å². The quantitative estimate of drug-likeness (QED) is 0.747. The summed E-state index contributed by atoms with van der Waals surface area (Å²) in [5.74, 6) is 0.0919. The molecule has 0 aromatic heterocycles. The number of nitrogens with two attached hydrogens (primary N) is 1. The Morgan fingerprint density at radius 2 is 2.26 bits per heavy atom. The molecule has 19 heavy (non-hydrogen) atoms. The largest absolute Gasteiger partial charge is 0.370 e. The fourth-order valence-electron chi connectivity index (χ4n) is 2.69. The summed E-state index contributed by atoms with van der Waals surface area (Å²) < 4.78 is 5.89. The van der Waals surface area contributed by atoms with Gasteiger partial charge in [0.15, 0.2) is 0 Å². The standard InChI is InChI=1S/C14H29N3O2/c1-5-6-16-13(18)7-12(8-15)17-9-11(2)19-14(3,4)10-17/h11-12H,5-10,15H2,1-4H3,(H,16,18). The Balaban J connectivity index is 2.56. The van der Waals surface area contributed by atoms with Gasteiger partial charge in [0.25, 0.3) is 0 Å². The second-order valence-corrected chi connectivity index (χ2v) is 6.06. The van der Waals surface area contributed by atoms with Crippen molar-refractivity contribution in [3.8, 4) is 0 Å². The minimum Gasteiger partial charge on any atom is -0.370 e. The van der Waals surface area contributed by atoms with Crippen LogP contribution in [0.4, 0.5) is 0 Å². The molecule has 1 rings (SSSR count). The first-order chi connectivity index (χ1) is 8.88. The predicted octanol–water partition coefficient (Wildman–Crippen LogP) is 0.729. The average molecular weight is 271 g/mol. The van der Waals surface area contributed by atoms with Crippen LogP contribution >= 0.6 is 0 Å². The number of nitrogens with one attached hydrogen (secondary N) is 1. The zero-order valence-electron chi connectivity index (χ0n) is 12.7. The molecule has 1 heterocycles. The van der Waals surface area contributed by atoms with Crippen molar-refractivity contribution in [3.63, 3.8) is 0 Å². The van der Waals surface area contributed by atoms with Crippen LogP contribution in [0.15, 0.2) is 0 Å². The molecule has 0 bridgehead atoms. The molecule has 1 saturated heterocycles. The van der Waals surface area contributed by atoms with Gasteiger partial charge in [-0.2, -0.15) is 0 Å². The van der Waals surface area contributed by atoms with E-state index in [-0.39, 0.29) is 23.7 Å². The van der Waals surface area contributed by atoms with Gasteiger partial charge in [-0.15, -0.1) is 0 Å². The van der Waals surface area contributed by atoms with E-state index in [1.54, 1.807) is 0 Å². The van der Waals surface area contributed by atoms with Gasteiger partial charge in [-0.3, -0.25) is 9.69 Å². The van der Waals surface area contributed by atoms with Gasteiger partial charge in [-0.05, 0) is 27.2 Å². The number of carbonyl (C=O) groups excluding carboxylic acids is 1. The minimum absolute atomic E-state index is 0.0919. The molecule has 0 aromatic rings. The van der Waals surface area contributed by atoms with E-state index in [9.17, 15) is 4.79 Å². The summed E-state index contributed by atoms with van der Waals surface area (Å²) in [6.07, 6.45) is 1.61. The SMILES string of the molecule is CCCNC(=O)CC(CN)N1CC(C)OC(C)(C)C1. The van der Waals surface area contributed by atoms with E-state index in [4.69, 9.17) is 10.5 Å². The summed E-state index contributed by atoms with van der Waals surface area (Å²) in [5.41, 5.74) is 5.68. The highest BCUT2D eigenvalue weighted by Gasteiger charge is 2.34. The van der Waals surface area contributed by atoms with Crippen molar-refractivity contribution >= 4 is 5.91 Å². The van der Waals surface area contributed by atoms with Crippen molar-refractivity contribution < 1.29 is 9.53 Å². The second-order valence-electron chi connectivity index (χ2n) is 6.06. The van der Waals surface area contributed by atoms with Gasteiger partial charge in [0, 0.05) is 38.6 Å². The Morgan fingerprint density at radius 1 is 1.58 bits per heavy atom. The Kier molecular flexibility index (Phi) is 6.23. The fraction of sp³-hybridized carbons (Fsp3) is 0.929. The third-order valence-electron chi connectivity index (χ3n) is 3.38. The van der Waals surface area contributed by atoms with Crippen molar-refractivity contribution in [1.82, 2.24) is 10.2 Å². The summed E-state index contributed by atoms with van der Waals surface area (Å²) in [5, 5.41) is 2.92. The summed E-state index contributed by atoms with van der Waals surface area (Å²) >= 11 is 0. The maximum Gasteiger partial charge on any atom is 0.221 e. The Bertz CT molecular complexity index is 294. The van der Waals surface area contributed by atoms with Crippen LogP contribution in [0.25, 0.3) is 0 Å². The zero-order valence-corrected chi connectivity index (χ0v) is 12.7. The van der Waals surface area contributed by atoms with Crippen molar-refractivity contribution in [2.24, 2.45) is 5.73 Å². The molecule has 1 aliphatic rings. The Hall–Kier alpha value is -0.650. The van der Waals surface area contributed by atoms with Crippen LogP contribution < -0.4 is 11.1 Å². The number of hydrogen-bond donors (Lipinski definition) is 2. The lowest BCUT2D eigenvalue weighted by atomic mass is 10.0. The highest BCUT2D eigenvalue weighted by atomic mass is 16.5. The van der Waals surface area contributed by atoms with Crippen molar-refractivity contribution in [2.45, 2.75) is 58.3 Å². The summed E-state index contributed by atoms with van der Waals surface area (Å²) in [6.45, 7) is 11.2. The number of carbonyl (C=O) groups is 1. The second kappa shape index (κ2) is 7.22. The third-order valence-corrected chi connectivity index (χ3v) is 3.38. The highest BCUT2D eigenvalue weighted by Crippen LogP contribution is 2.23. The van der Waals surface area contributed by atoms with Gasteiger partial charge in [0.1, 0.15) is 0 Å². The lowest BCUT2D eigenvalue weighted by molar-refractivity contribution is -0.141. The lowest BCUT2D eigenvalue weighted by Crippen LogP contribution is -2.57. The molecular formula is C14H29N3O2. The molecule has 5 heteroatoms. The molecule has 2 atom stereocenters. The topological polar surface area (TPSA) is 67.6 Å². The normalized spacial score (nSPS) is 25.0. The number of rotatable bonds is 6. The minimum atomic E-state index is -0.176. The molecule has 112 valence electrons. The van der Waals surface area contributed by atoms with Crippen LogP contribution in [0, 0.1) is 0 Å². The van der Waals surface area contributed by atoms with E-state index < -0.39 is 0 Å². The van der Waals surface area contributed by atoms with Crippen LogP contribution in [-0.4, -0.2) is 54.7 Å². The molecule has 1 amide bonds. The highest BCUT2D eigenvalue weighted by molar-refractivity contribution is 5.76. The zero-order chi connectivity index (χ0) is 14.5. The number of hydrogen-bond acceptors (Lipinski definition) is 4. The van der Waals surface area contributed by atoms with Crippen LogP contribution in [0.2, 0.25) is 0 Å². The molecule has 1 fully saturated rings. The number of morpholine rings is 1. The van der Waals surface area contributed by atoms with E-state index in [0.717, 1.165) is 26.1 Å². The van der Waals surface area contributed by atoms with Crippen molar-refractivity contribution in [1.29, 1.82) is 0 Å². The maximum atomic E-state index is 11.8. The summed E-state index contributed by atoms with van der Waals surface area (Å²) in [6, 6.07) is 0.0995. The van der Waals surface area contributed by atoms with Crippen LogP contribution in [0.3, 0.4) is 0 Å². The van der Waals surface area contributed by atoms with E-state index in [1.807, 2.05) is 6.92 Å².